The first-order valence-electron chi connectivity index (χ1n) is 9.89. The van der Waals surface area contributed by atoms with Crippen LogP contribution in [0.3, 0.4) is 0 Å². The van der Waals surface area contributed by atoms with Crippen LogP contribution in [-0.2, 0) is 6.42 Å². The van der Waals surface area contributed by atoms with Crippen LogP contribution in [0.1, 0.15) is 67.8 Å². The lowest BCUT2D eigenvalue weighted by Gasteiger charge is -2.20. The van der Waals surface area contributed by atoms with Crippen molar-refractivity contribution in [3.8, 4) is 22.6 Å². The highest BCUT2D eigenvalue weighted by molar-refractivity contribution is 6.02. The summed E-state index contributed by atoms with van der Waals surface area (Å²) < 4.78 is 13.7. The zero-order chi connectivity index (χ0) is 19.6. The predicted molar refractivity (Wildman–Crippen MR) is 108 cm³/mol. The van der Waals surface area contributed by atoms with Gasteiger partial charge in [0, 0.05) is 23.0 Å². The molecule has 1 amide bonds. The van der Waals surface area contributed by atoms with E-state index < -0.39 is 0 Å². The number of unbranched alkanes of at least 4 members (excludes halogenated alkanes) is 2. The summed E-state index contributed by atoms with van der Waals surface area (Å²) in [6, 6.07) is 6.16. The molecular formula is C22H30N2O3. The van der Waals surface area contributed by atoms with Crippen molar-refractivity contribution in [2.75, 3.05) is 13.2 Å². The van der Waals surface area contributed by atoms with Gasteiger partial charge in [-0.3, -0.25) is 4.79 Å². The number of nitrogens with zero attached hydrogens (tertiary/aromatic N) is 1. The summed E-state index contributed by atoms with van der Waals surface area (Å²) in [4.78, 5) is 12.4. The van der Waals surface area contributed by atoms with Crippen LogP contribution in [0.4, 0.5) is 0 Å². The molecule has 3 rings (SSSR count). The second-order valence-corrected chi connectivity index (χ2v) is 7.43. The monoisotopic (exact) mass is 370 g/mol. The Labute approximate surface area is 161 Å². The average Bonchev–Trinajstić information content (AvgIpc) is 2.94. The molecule has 0 spiro atoms. The van der Waals surface area contributed by atoms with Crippen molar-refractivity contribution in [3.05, 3.63) is 35.2 Å². The van der Waals surface area contributed by atoms with E-state index in [4.69, 9.17) is 15.2 Å². The van der Waals surface area contributed by atoms with Gasteiger partial charge in [0.15, 0.2) is 11.5 Å². The topological polar surface area (TPSA) is 66.5 Å². The Hall–Kier alpha value is -2.43. The van der Waals surface area contributed by atoms with Gasteiger partial charge in [-0.1, -0.05) is 25.8 Å². The number of hydrogen-bond acceptors (Lipinski definition) is 3. The van der Waals surface area contributed by atoms with Crippen LogP contribution in [-0.4, -0.2) is 23.7 Å². The van der Waals surface area contributed by atoms with E-state index in [2.05, 4.69) is 25.3 Å². The van der Waals surface area contributed by atoms with Gasteiger partial charge in [-0.2, -0.15) is 0 Å². The molecule has 0 saturated heterocycles. The number of carbonyl (C=O) groups excluding carboxylic acids is 1. The highest BCUT2D eigenvalue weighted by atomic mass is 16.6. The van der Waals surface area contributed by atoms with E-state index in [1.165, 1.54) is 5.69 Å². The zero-order valence-electron chi connectivity index (χ0n) is 16.8. The van der Waals surface area contributed by atoms with Crippen LogP contribution in [0.5, 0.6) is 11.5 Å². The number of nitrogens with two attached hydrogens (primary N) is 1. The minimum absolute atomic E-state index is 0.255. The number of fused-ring (bicyclic) bond motifs is 1. The maximum absolute atomic E-state index is 12.4. The number of carbonyl (C=O) groups is 1. The van der Waals surface area contributed by atoms with Gasteiger partial charge in [-0.05, 0) is 51.3 Å². The minimum atomic E-state index is -0.381. The maximum atomic E-state index is 12.4. The van der Waals surface area contributed by atoms with E-state index in [0.717, 1.165) is 54.0 Å². The van der Waals surface area contributed by atoms with Crippen molar-refractivity contribution < 1.29 is 14.3 Å². The molecule has 1 aliphatic rings. The van der Waals surface area contributed by atoms with E-state index >= 15 is 0 Å². The molecule has 2 aromatic rings. The summed E-state index contributed by atoms with van der Waals surface area (Å²) in [5, 5.41) is 0. The summed E-state index contributed by atoms with van der Waals surface area (Å²) in [6.45, 7) is 9.58. The summed E-state index contributed by atoms with van der Waals surface area (Å²) >= 11 is 0. The molecule has 146 valence electrons. The van der Waals surface area contributed by atoms with E-state index in [9.17, 15) is 4.79 Å². The molecule has 5 heteroatoms. The van der Waals surface area contributed by atoms with Crippen LogP contribution >= 0.6 is 0 Å². The number of aromatic nitrogens is 1. The van der Waals surface area contributed by atoms with E-state index in [-0.39, 0.29) is 11.9 Å². The number of ether oxygens (including phenoxy) is 2. The second kappa shape index (κ2) is 8.07. The Morgan fingerprint density at radius 1 is 1.19 bits per heavy atom. The van der Waals surface area contributed by atoms with Crippen LogP contribution in [0, 0.1) is 6.92 Å². The molecule has 1 aromatic heterocycles. The molecule has 5 nitrogen and oxygen atoms in total. The molecule has 2 heterocycles. The fourth-order valence-electron chi connectivity index (χ4n) is 4.07. The first-order chi connectivity index (χ1) is 13.0. The van der Waals surface area contributed by atoms with Crippen molar-refractivity contribution in [1.82, 2.24) is 4.57 Å². The highest BCUT2D eigenvalue weighted by Crippen LogP contribution is 2.40. The quantitative estimate of drug-likeness (QED) is 0.722. The number of rotatable bonds is 7. The van der Waals surface area contributed by atoms with Gasteiger partial charge in [0.05, 0.1) is 5.56 Å². The Balaban J connectivity index is 2.19. The molecular weight excluding hydrogens is 340 g/mol. The number of benzene rings is 1. The van der Waals surface area contributed by atoms with Gasteiger partial charge in [0.2, 0.25) is 0 Å². The molecule has 1 aliphatic heterocycles. The first kappa shape index (κ1) is 19.3. The maximum Gasteiger partial charge on any atom is 0.251 e. The molecule has 0 aliphatic carbocycles. The average molecular weight is 370 g/mol. The van der Waals surface area contributed by atoms with Gasteiger partial charge in [-0.25, -0.2) is 0 Å². The summed E-state index contributed by atoms with van der Waals surface area (Å²) in [5.41, 5.74) is 10.5. The van der Waals surface area contributed by atoms with E-state index in [1.54, 1.807) is 0 Å². The van der Waals surface area contributed by atoms with E-state index in [1.807, 2.05) is 25.1 Å². The Bertz CT molecular complexity index is 837. The second-order valence-electron chi connectivity index (χ2n) is 7.43. The molecule has 0 bridgehead atoms. The fraction of sp³-hybridized carbons (Fsp3) is 0.500. The van der Waals surface area contributed by atoms with Gasteiger partial charge in [0.25, 0.3) is 5.91 Å². The Morgan fingerprint density at radius 3 is 2.52 bits per heavy atom. The third kappa shape index (κ3) is 3.68. The molecule has 0 unspecified atom stereocenters. The molecule has 0 atom stereocenters. The van der Waals surface area contributed by atoms with Crippen LogP contribution in [0.15, 0.2) is 18.2 Å². The lowest BCUT2D eigenvalue weighted by molar-refractivity contribution is 0.1000. The largest absolute Gasteiger partial charge is 0.486 e. The van der Waals surface area contributed by atoms with Crippen LogP contribution in [0.25, 0.3) is 11.1 Å². The lowest BCUT2D eigenvalue weighted by atomic mass is 9.97. The molecule has 27 heavy (non-hydrogen) atoms. The minimum Gasteiger partial charge on any atom is -0.486 e. The van der Waals surface area contributed by atoms with Gasteiger partial charge in [-0.15, -0.1) is 0 Å². The smallest absolute Gasteiger partial charge is 0.251 e. The SMILES string of the molecule is CCCCCc1c(-c2ccc3c(c2)OCCO3)c(C(N)=O)c(C)n1C(C)C. The normalized spacial score (nSPS) is 13.2. The fourth-order valence-corrected chi connectivity index (χ4v) is 4.07. The Kier molecular flexibility index (Phi) is 5.78. The van der Waals surface area contributed by atoms with Crippen molar-refractivity contribution >= 4 is 5.91 Å². The number of amides is 1. The molecule has 0 radical (unpaired) electrons. The summed E-state index contributed by atoms with van der Waals surface area (Å²) in [6.07, 6.45) is 4.32. The molecule has 2 N–H and O–H groups in total. The predicted octanol–water partition coefficient (Wildman–Crippen LogP) is 4.65. The van der Waals surface area contributed by atoms with Crippen LogP contribution < -0.4 is 15.2 Å². The van der Waals surface area contributed by atoms with Crippen molar-refractivity contribution in [2.24, 2.45) is 5.73 Å². The third-order valence-electron chi connectivity index (χ3n) is 5.16. The lowest BCUT2D eigenvalue weighted by Crippen LogP contribution is -2.15. The molecule has 0 saturated carbocycles. The van der Waals surface area contributed by atoms with Gasteiger partial charge in [0.1, 0.15) is 13.2 Å². The molecule has 0 fully saturated rings. The van der Waals surface area contributed by atoms with Gasteiger partial charge < -0.3 is 19.8 Å². The third-order valence-corrected chi connectivity index (χ3v) is 5.16. The molecule has 1 aromatic carbocycles. The van der Waals surface area contributed by atoms with Crippen LogP contribution in [0.2, 0.25) is 0 Å². The van der Waals surface area contributed by atoms with E-state index in [0.29, 0.717) is 18.8 Å². The Morgan fingerprint density at radius 2 is 1.89 bits per heavy atom. The first-order valence-corrected chi connectivity index (χ1v) is 9.89. The van der Waals surface area contributed by atoms with Crippen molar-refractivity contribution in [1.29, 1.82) is 0 Å². The number of primary amides is 1. The summed E-state index contributed by atoms with van der Waals surface area (Å²) in [7, 11) is 0. The van der Waals surface area contributed by atoms with Crippen molar-refractivity contribution in [2.45, 2.75) is 59.4 Å². The zero-order valence-corrected chi connectivity index (χ0v) is 16.8. The van der Waals surface area contributed by atoms with Crippen molar-refractivity contribution in [3.63, 3.8) is 0 Å². The summed E-state index contributed by atoms with van der Waals surface area (Å²) in [5.74, 6) is 1.09. The van der Waals surface area contributed by atoms with Gasteiger partial charge >= 0.3 is 0 Å². The highest BCUT2D eigenvalue weighted by Gasteiger charge is 2.26. The standard InChI is InChI=1S/C22H30N2O3/c1-5-6-7-8-17-21(20(22(23)25)15(4)24(17)14(2)3)16-9-10-18-19(13-16)27-12-11-26-18/h9-10,13-14H,5-8,11-12H2,1-4H3,(H2,23,25). The number of hydrogen-bond donors (Lipinski definition) is 1.